The molecule has 60 valence electrons. The van der Waals surface area contributed by atoms with Gasteiger partial charge in [-0.15, -0.1) is 0 Å². The number of nitrogens with two attached hydrogens (primary N) is 1. The highest BCUT2D eigenvalue weighted by atomic mass is 16.6. The summed E-state index contributed by atoms with van der Waals surface area (Å²) in [5.41, 5.74) is 0. The predicted octanol–water partition coefficient (Wildman–Crippen LogP) is 1.25. The molecule has 0 heterocycles. The lowest BCUT2D eigenvalue weighted by Crippen LogP contribution is -1.97. The molecule has 0 fully saturated rings. The first-order valence-electron chi connectivity index (χ1n) is 3.35. The van der Waals surface area contributed by atoms with Crippen LogP contribution in [0.1, 0.15) is 6.42 Å². The zero-order valence-electron chi connectivity index (χ0n) is 6.41. The first-order valence-corrected chi connectivity index (χ1v) is 3.35. The third-order valence-electron chi connectivity index (χ3n) is 1.42. The van der Waals surface area contributed by atoms with E-state index in [-0.39, 0.29) is 0 Å². The molecule has 3 heteroatoms. The number of hydrogen-bond acceptors (Lipinski definition) is 3. The van der Waals surface area contributed by atoms with E-state index in [4.69, 9.17) is 10.6 Å². The summed E-state index contributed by atoms with van der Waals surface area (Å²) in [5.74, 6) is 6.52. The van der Waals surface area contributed by atoms with Gasteiger partial charge in [-0.2, -0.15) is 5.90 Å². The summed E-state index contributed by atoms with van der Waals surface area (Å²) in [6, 6.07) is 0. The lowest BCUT2D eigenvalue weighted by atomic mass is 10.3. The fraction of sp³-hybridized carbons (Fsp3) is 0.250. The van der Waals surface area contributed by atoms with Crippen molar-refractivity contribution >= 4 is 0 Å². The van der Waals surface area contributed by atoms with Gasteiger partial charge in [0.05, 0.1) is 7.11 Å². The molecule has 11 heavy (non-hydrogen) atoms. The van der Waals surface area contributed by atoms with Gasteiger partial charge in [-0.05, 0) is 18.2 Å². The van der Waals surface area contributed by atoms with Gasteiger partial charge < -0.3 is 9.57 Å². The van der Waals surface area contributed by atoms with E-state index in [0.29, 0.717) is 6.42 Å². The maximum absolute atomic E-state index is 5.00. The van der Waals surface area contributed by atoms with Crippen LogP contribution in [0.4, 0.5) is 0 Å². The lowest BCUT2D eigenvalue weighted by Gasteiger charge is -1.96. The molecule has 0 unspecified atom stereocenters. The van der Waals surface area contributed by atoms with E-state index in [1.165, 1.54) is 0 Å². The van der Waals surface area contributed by atoms with E-state index in [1.54, 1.807) is 13.2 Å². The van der Waals surface area contributed by atoms with Crippen molar-refractivity contribution in [1.29, 1.82) is 0 Å². The molecule has 0 bridgehead atoms. The Morgan fingerprint density at radius 2 is 2.27 bits per heavy atom. The molecule has 0 spiro atoms. The van der Waals surface area contributed by atoms with Gasteiger partial charge in [0, 0.05) is 6.42 Å². The van der Waals surface area contributed by atoms with E-state index < -0.39 is 0 Å². The molecule has 0 aromatic heterocycles. The van der Waals surface area contributed by atoms with Gasteiger partial charge in [-0.1, -0.05) is 6.08 Å². The number of methoxy groups -OCH3 is 1. The zero-order valence-corrected chi connectivity index (χ0v) is 6.41. The molecule has 1 rings (SSSR count). The van der Waals surface area contributed by atoms with Crippen LogP contribution in [0, 0.1) is 0 Å². The largest absolute Gasteiger partial charge is 0.497 e. The topological polar surface area (TPSA) is 44.5 Å². The third kappa shape index (κ3) is 2.13. The summed E-state index contributed by atoms with van der Waals surface area (Å²) in [6.07, 6.45) is 8.12. The Morgan fingerprint density at radius 3 is 2.91 bits per heavy atom. The number of allylic oxidation sites excluding steroid dienone is 4. The van der Waals surface area contributed by atoms with Crippen molar-refractivity contribution in [2.75, 3.05) is 7.11 Å². The SMILES string of the molecule is COC1=CC=C(ON)CC=C1. The molecule has 3 nitrogen and oxygen atoms in total. The second-order valence-electron chi connectivity index (χ2n) is 2.13. The van der Waals surface area contributed by atoms with Crippen LogP contribution in [0.15, 0.2) is 35.8 Å². The highest BCUT2D eigenvalue weighted by molar-refractivity contribution is 5.24. The van der Waals surface area contributed by atoms with Crippen molar-refractivity contribution in [2.24, 2.45) is 5.90 Å². The first-order chi connectivity index (χ1) is 5.36. The smallest absolute Gasteiger partial charge is 0.127 e. The van der Waals surface area contributed by atoms with Gasteiger partial charge in [0.15, 0.2) is 0 Å². The molecule has 0 aromatic rings. The minimum atomic E-state index is 0.708. The van der Waals surface area contributed by atoms with Gasteiger partial charge in [0.25, 0.3) is 0 Å². The van der Waals surface area contributed by atoms with E-state index in [2.05, 4.69) is 4.84 Å². The molecule has 0 atom stereocenters. The van der Waals surface area contributed by atoms with Gasteiger partial charge in [-0.3, -0.25) is 0 Å². The molecular weight excluding hydrogens is 142 g/mol. The summed E-state index contributed by atoms with van der Waals surface area (Å²) < 4.78 is 5.00. The summed E-state index contributed by atoms with van der Waals surface area (Å²) in [5, 5.41) is 0. The standard InChI is InChI=1S/C8H11NO2/c1-10-7-3-2-4-8(11-9)6-5-7/h2-3,5-6H,4,9H2,1H3. The first kappa shape index (κ1) is 7.88. The maximum atomic E-state index is 5.00. The van der Waals surface area contributed by atoms with Gasteiger partial charge >= 0.3 is 0 Å². The van der Waals surface area contributed by atoms with Gasteiger partial charge in [0.1, 0.15) is 11.5 Å². The molecule has 1 aliphatic rings. The molecular formula is C8H11NO2. The minimum Gasteiger partial charge on any atom is -0.497 e. The Kier molecular flexibility index (Phi) is 2.74. The molecule has 1 aliphatic carbocycles. The maximum Gasteiger partial charge on any atom is 0.127 e. The van der Waals surface area contributed by atoms with Crippen LogP contribution >= 0.6 is 0 Å². The number of ether oxygens (including phenoxy) is 1. The second kappa shape index (κ2) is 3.83. The van der Waals surface area contributed by atoms with E-state index in [9.17, 15) is 0 Å². The molecule has 0 aliphatic heterocycles. The summed E-state index contributed by atoms with van der Waals surface area (Å²) in [4.78, 5) is 4.57. The molecule has 0 aromatic carbocycles. The van der Waals surface area contributed by atoms with Crippen LogP contribution in [0.5, 0.6) is 0 Å². The summed E-state index contributed by atoms with van der Waals surface area (Å²) >= 11 is 0. The van der Waals surface area contributed by atoms with Crippen molar-refractivity contribution in [1.82, 2.24) is 0 Å². The molecule has 0 saturated heterocycles. The van der Waals surface area contributed by atoms with Crippen LogP contribution in [0.2, 0.25) is 0 Å². The van der Waals surface area contributed by atoms with Crippen molar-refractivity contribution < 1.29 is 9.57 Å². The fourth-order valence-electron chi connectivity index (χ4n) is 0.813. The molecule has 0 radical (unpaired) electrons. The molecule has 2 N–H and O–H groups in total. The second-order valence-corrected chi connectivity index (χ2v) is 2.13. The Bertz CT molecular complexity index is 216. The average Bonchev–Trinajstić information content (AvgIpc) is 2.28. The van der Waals surface area contributed by atoms with Crippen LogP contribution < -0.4 is 5.90 Å². The normalized spacial score (nSPS) is 16.5. The Labute approximate surface area is 65.7 Å². The summed E-state index contributed by atoms with van der Waals surface area (Å²) in [7, 11) is 1.62. The van der Waals surface area contributed by atoms with Crippen LogP contribution in [-0.2, 0) is 9.57 Å². The molecule has 0 amide bonds. The quantitative estimate of drug-likeness (QED) is 0.607. The lowest BCUT2D eigenvalue weighted by molar-refractivity contribution is 0.216. The molecule has 0 saturated carbocycles. The Morgan fingerprint density at radius 1 is 1.45 bits per heavy atom. The van der Waals surface area contributed by atoms with Crippen LogP contribution in [-0.4, -0.2) is 7.11 Å². The van der Waals surface area contributed by atoms with Crippen LogP contribution in [0.25, 0.3) is 0 Å². The summed E-state index contributed by atoms with van der Waals surface area (Å²) in [6.45, 7) is 0. The zero-order chi connectivity index (χ0) is 8.10. The Balaban J connectivity index is 2.72. The van der Waals surface area contributed by atoms with Crippen LogP contribution in [0.3, 0.4) is 0 Å². The average molecular weight is 153 g/mol. The highest BCUT2D eigenvalue weighted by Gasteiger charge is 1.97. The van der Waals surface area contributed by atoms with E-state index in [1.807, 2.05) is 18.2 Å². The van der Waals surface area contributed by atoms with Gasteiger partial charge in [0.2, 0.25) is 0 Å². The fourth-order valence-corrected chi connectivity index (χ4v) is 0.813. The van der Waals surface area contributed by atoms with Crippen molar-refractivity contribution in [3.63, 3.8) is 0 Å². The van der Waals surface area contributed by atoms with Crippen molar-refractivity contribution in [2.45, 2.75) is 6.42 Å². The Hall–Kier alpha value is -1.22. The number of hydrogen-bond donors (Lipinski definition) is 1. The minimum absolute atomic E-state index is 0.708. The number of rotatable bonds is 2. The van der Waals surface area contributed by atoms with Crippen molar-refractivity contribution in [3.05, 3.63) is 35.8 Å². The van der Waals surface area contributed by atoms with Gasteiger partial charge in [-0.25, -0.2) is 0 Å². The predicted molar refractivity (Wildman–Crippen MR) is 42.2 cm³/mol. The highest BCUT2D eigenvalue weighted by Crippen LogP contribution is 2.10. The monoisotopic (exact) mass is 153 g/mol. The third-order valence-corrected chi connectivity index (χ3v) is 1.42. The van der Waals surface area contributed by atoms with Crippen molar-refractivity contribution in [3.8, 4) is 0 Å². The van der Waals surface area contributed by atoms with E-state index >= 15 is 0 Å². The van der Waals surface area contributed by atoms with E-state index in [0.717, 1.165) is 11.5 Å².